The highest BCUT2D eigenvalue weighted by atomic mass is 79.9. The van der Waals surface area contributed by atoms with Gasteiger partial charge in [0.1, 0.15) is 0 Å². The van der Waals surface area contributed by atoms with E-state index < -0.39 is 15.9 Å². The Bertz CT molecular complexity index is 1190. The molecular formula is C18H17BrN4O4S. The topological polar surface area (TPSA) is 110 Å². The number of aryl methyl sites for hydroxylation is 1. The minimum atomic E-state index is -3.96. The Kier molecular flexibility index (Phi) is 5.92. The molecule has 2 N–H and O–H groups in total. The number of hydrogen-bond donors (Lipinski definition) is 2. The van der Waals surface area contributed by atoms with Gasteiger partial charge in [0.25, 0.3) is 21.5 Å². The van der Waals surface area contributed by atoms with E-state index in [0.717, 1.165) is 4.47 Å². The third-order valence-corrected chi connectivity index (χ3v) is 5.73. The van der Waals surface area contributed by atoms with Gasteiger partial charge >= 0.3 is 0 Å². The standard InChI is InChI=1S/C18H17BrN4O4S/c1-2-11-23-18(25)15-6-4-3-5-14(15)16(21-23)17(24)20-22-28(26,27)13-9-7-12(19)8-10-13/h3-10,22H,2,11H2,1H3,(H,20,24). The van der Waals surface area contributed by atoms with Gasteiger partial charge in [0.2, 0.25) is 0 Å². The van der Waals surface area contributed by atoms with Crippen LogP contribution >= 0.6 is 15.9 Å². The number of nitrogens with zero attached hydrogens (tertiary/aromatic N) is 2. The molecule has 1 amide bonds. The fraction of sp³-hybridized carbons (Fsp3) is 0.167. The van der Waals surface area contributed by atoms with E-state index in [9.17, 15) is 18.0 Å². The summed E-state index contributed by atoms with van der Waals surface area (Å²) in [6.45, 7) is 2.23. The zero-order valence-corrected chi connectivity index (χ0v) is 17.2. The summed E-state index contributed by atoms with van der Waals surface area (Å²) < 4.78 is 26.6. The van der Waals surface area contributed by atoms with Crippen molar-refractivity contribution >= 4 is 42.6 Å². The number of benzene rings is 2. The molecule has 28 heavy (non-hydrogen) atoms. The second kappa shape index (κ2) is 8.21. The summed E-state index contributed by atoms with van der Waals surface area (Å²) in [7, 11) is -3.96. The minimum absolute atomic E-state index is 0.00947. The Balaban J connectivity index is 1.92. The summed E-state index contributed by atoms with van der Waals surface area (Å²) in [5.74, 6) is -0.762. The van der Waals surface area contributed by atoms with Gasteiger partial charge in [0, 0.05) is 16.4 Å². The molecule has 3 rings (SSSR count). The van der Waals surface area contributed by atoms with Gasteiger partial charge in [-0.15, -0.1) is 4.83 Å². The number of aromatic nitrogens is 2. The number of halogens is 1. The lowest BCUT2D eigenvalue weighted by Crippen LogP contribution is -2.42. The smallest absolute Gasteiger partial charge is 0.272 e. The molecule has 0 aliphatic carbocycles. The van der Waals surface area contributed by atoms with E-state index >= 15 is 0 Å². The van der Waals surface area contributed by atoms with Crippen molar-refractivity contribution in [2.24, 2.45) is 0 Å². The summed E-state index contributed by atoms with van der Waals surface area (Å²) in [6.07, 6.45) is 0.655. The van der Waals surface area contributed by atoms with Gasteiger partial charge in [-0.2, -0.15) is 5.10 Å². The van der Waals surface area contributed by atoms with E-state index in [-0.39, 0.29) is 16.1 Å². The number of fused-ring (bicyclic) bond motifs is 1. The van der Waals surface area contributed by atoms with Crippen molar-refractivity contribution in [2.75, 3.05) is 0 Å². The fourth-order valence-corrected chi connectivity index (χ4v) is 3.72. The maximum absolute atomic E-state index is 12.6. The fourth-order valence-electron chi connectivity index (χ4n) is 2.61. The third-order valence-electron chi connectivity index (χ3n) is 3.94. The number of hydrazine groups is 1. The van der Waals surface area contributed by atoms with Gasteiger partial charge in [0.15, 0.2) is 5.69 Å². The minimum Gasteiger partial charge on any atom is -0.272 e. The van der Waals surface area contributed by atoms with Crippen LogP contribution in [0.3, 0.4) is 0 Å². The molecule has 0 aliphatic rings. The van der Waals surface area contributed by atoms with Crippen molar-refractivity contribution in [1.29, 1.82) is 0 Å². The van der Waals surface area contributed by atoms with Crippen molar-refractivity contribution in [3.63, 3.8) is 0 Å². The Labute approximate surface area is 169 Å². The summed E-state index contributed by atoms with van der Waals surface area (Å²) >= 11 is 3.23. The van der Waals surface area contributed by atoms with Gasteiger partial charge in [-0.05, 0) is 36.8 Å². The summed E-state index contributed by atoms with van der Waals surface area (Å²) in [4.78, 5) is 27.2. The van der Waals surface area contributed by atoms with Crippen molar-refractivity contribution in [2.45, 2.75) is 24.8 Å². The quantitative estimate of drug-likeness (QED) is 0.543. The Hall–Kier alpha value is -2.56. The van der Waals surface area contributed by atoms with Crippen LogP contribution in [-0.4, -0.2) is 24.1 Å². The van der Waals surface area contributed by atoms with Crippen molar-refractivity contribution in [3.05, 3.63) is 69.1 Å². The van der Waals surface area contributed by atoms with E-state index in [2.05, 4.69) is 31.3 Å². The molecule has 0 unspecified atom stereocenters. The van der Waals surface area contributed by atoms with Crippen molar-refractivity contribution < 1.29 is 13.2 Å². The molecule has 0 atom stereocenters. The third kappa shape index (κ3) is 4.13. The first-order valence-corrected chi connectivity index (χ1v) is 10.7. The lowest BCUT2D eigenvalue weighted by molar-refractivity contribution is 0.0939. The molecule has 146 valence electrons. The van der Waals surface area contributed by atoms with Crippen molar-refractivity contribution in [1.82, 2.24) is 20.0 Å². The molecule has 0 radical (unpaired) electrons. The molecule has 0 bridgehead atoms. The van der Waals surface area contributed by atoms with Gasteiger partial charge in [0.05, 0.1) is 10.3 Å². The highest BCUT2D eigenvalue weighted by Crippen LogP contribution is 2.15. The first-order chi connectivity index (χ1) is 13.3. The highest BCUT2D eigenvalue weighted by Gasteiger charge is 2.19. The first kappa shape index (κ1) is 20.2. The predicted molar refractivity (Wildman–Crippen MR) is 108 cm³/mol. The van der Waals surface area contributed by atoms with Crippen LogP contribution < -0.4 is 15.8 Å². The Morgan fingerprint density at radius 2 is 1.75 bits per heavy atom. The molecule has 0 aliphatic heterocycles. The molecule has 0 fully saturated rings. The average Bonchev–Trinajstić information content (AvgIpc) is 2.69. The number of sulfonamides is 1. The number of carbonyl (C=O) groups is 1. The Morgan fingerprint density at radius 3 is 2.39 bits per heavy atom. The van der Waals surface area contributed by atoms with Gasteiger partial charge < -0.3 is 0 Å². The van der Waals surface area contributed by atoms with E-state index in [0.29, 0.717) is 23.7 Å². The Morgan fingerprint density at radius 1 is 1.11 bits per heavy atom. The van der Waals surface area contributed by atoms with Crippen LogP contribution in [-0.2, 0) is 16.6 Å². The molecule has 0 saturated heterocycles. The summed E-state index contributed by atoms with van der Waals surface area (Å²) in [5, 5.41) is 4.81. The van der Waals surface area contributed by atoms with E-state index in [1.807, 2.05) is 6.92 Å². The molecule has 0 saturated carbocycles. The van der Waals surface area contributed by atoms with Crippen LogP contribution in [0.1, 0.15) is 23.8 Å². The number of nitrogens with one attached hydrogen (secondary N) is 2. The highest BCUT2D eigenvalue weighted by molar-refractivity contribution is 9.10. The first-order valence-electron chi connectivity index (χ1n) is 8.41. The average molecular weight is 465 g/mol. The van der Waals surface area contributed by atoms with Crippen LogP contribution in [0.2, 0.25) is 0 Å². The monoisotopic (exact) mass is 464 g/mol. The molecule has 3 aromatic rings. The lowest BCUT2D eigenvalue weighted by atomic mass is 10.1. The molecular weight excluding hydrogens is 448 g/mol. The number of carbonyl (C=O) groups excluding carboxylic acids is 1. The van der Waals surface area contributed by atoms with Gasteiger partial charge in [-0.25, -0.2) is 13.1 Å². The summed E-state index contributed by atoms with van der Waals surface area (Å²) in [6, 6.07) is 12.5. The second-order valence-corrected chi connectivity index (χ2v) is 8.53. The van der Waals surface area contributed by atoms with Gasteiger partial charge in [-0.1, -0.05) is 41.1 Å². The van der Waals surface area contributed by atoms with Crippen molar-refractivity contribution in [3.8, 4) is 0 Å². The molecule has 0 spiro atoms. The normalized spacial score (nSPS) is 11.5. The number of rotatable bonds is 6. The molecule has 2 aromatic carbocycles. The van der Waals surface area contributed by atoms with Crippen LogP contribution in [0.25, 0.3) is 10.8 Å². The predicted octanol–water partition coefficient (Wildman–Crippen LogP) is 2.19. The maximum Gasteiger partial charge on any atom is 0.287 e. The van der Waals surface area contributed by atoms with Crippen LogP contribution in [0.4, 0.5) is 0 Å². The largest absolute Gasteiger partial charge is 0.287 e. The maximum atomic E-state index is 12.6. The summed E-state index contributed by atoms with van der Waals surface area (Å²) in [5.41, 5.74) is 1.83. The van der Waals surface area contributed by atoms with E-state index in [4.69, 9.17) is 0 Å². The van der Waals surface area contributed by atoms with Crippen LogP contribution in [0, 0.1) is 0 Å². The zero-order chi connectivity index (χ0) is 20.3. The number of amides is 1. The van der Waals surface area contributed by atoms with Gasteiger partial charge in [-0.3, -0.25) is 15.0 Å². The molecule has 1 heterocycles. The van der Waals surface area contributed by atoms with E-state index in [1.54, 1.807) is 36.4 Å². The second-order valence-electron chi connectivity index (χ2n) is 5.94. The van der Waals surface area contributed by atoms with Crippen LogP contribution in [0.15, 0.2) is 62.7 Å². The molecule has 10 heteroatoms. The molecule has 8 nitrogen and oxygen atoms in total. The van der Waals surface area contributed by atoms with Crippen LogP contribution in [0.5, 0.6) is 0 Å². The molecule has 1 aromatic heterocycles. The SMILES string of the molecule is CCCn1nc(C(=O)NNS(=O)(=O)c2ccc(Br)cc2)c2ccccc2c1=O. The van der Waals surface area contributed by atoms with E-state index in [1.165, 1.54) is 16.8 Å². The zero-order valence-electron chi connectivity index (χ0n) is 14.8. The lowest BCUT2D eigenvalue weighted by Gasteiger charge is -2.12. The number of hydrogen-bond acceptors (Lipinski definition) is 5.